The first-order valence-corrected chi connectivity index (χ1v) is 6.49. The van der Waals surface area contributed by atoms with Gasteiger partial charge < -0.3 is 10.2 Å². The van der Waals surface area contributed by atoms with Crippen LogP contribution >= 0.6 is 11.6 Å². The molecule has 5 nitrogen and oxygen atoms in total. The standard InChI is InChI=1S/C12H17ClN4O/c1-3-9-11(13)14-7-15-12(9)17(2)6-10(18)16-8-4-5-8/h7-8H,3-6H2,1-2H3,(H,16,18). The largest absolute Gasteiger partial charge is 0.352 e. The summed E-state index contributed by atoms with van der Waals surface area (Å²) in [6.45, 7) is 2.28. The molecule has 1 aliphatic carbocycles. The lowest BCUT2D eigenvalue weighted by molar-refractivity contribution is -0.119. The predicted octanol–water partition coefficient (Wildman–Crippen LogP) is 1.41. The van der Waals surface area contributed by atoms with Crippen LogP contribution in [0.3, 0.4) is 0 Å². The number of halogens is 1. The van der Waals surface area contributed by atoms with E-state index in [-0.39, 0.29) is 12.5 Å². The van der Waals surface area contributed by atoms with Crippen LogP contribution in [0.4, 0.5) is 5.82 Å². The van der Waals surface area contributed by atoms with Crippen LogP contribution in [0.5, 0.6) is 0 Å². The van der Waals surface area contributed by atoms with Gasteiger partial charge in [-0.05, 0) is 19.3 Å². The molecule has 0 radical (unpaired) electrons. The Bertz CT molecular complexity index is 448. The molecule has 0 saturated heterocycles. The van der Waals surface area contributed by atoms with E-state index in [1.807, 2.05) is 18.9 Å². The maximum atomic E-state index is 11.7. The SMILES string of the molecule is CCc1c(Cl)ncnc1N(C)CC(=O)NC1CC1. The summed E-state index contributed by atoms with van der Waals surface area (Å²) in [5.74, 6) is 0.750. The van der Waals surface area contributed by atoms with Gasteiger partial charge in [0, 0.05) is 18.7 Å². The van der Waals surface area contributed by atoms with Gasteiger partial charge in [0.1, 0.15) is 17.3 Å². The maximum Gasteiger partial charge on any atom is 0.239 e. The van der Waals surface area contributed by atoms with Gasteiger partial charge in [0.05, 0.1) is 6.54 Å². The summed E-state index contributed by atoms with van der Waals surface area (Å²) in [7, 11) is 1.84. The molecule has 1 aromatic heterocycles. The van der Waals surface area contributed by atoms with Crippen molar-refractivity contribution >= 4 is 23.3 Å². The molecule has 0 spiro atoms. The zero-order valence-corrected chi connectivity index (χ0v) is 11.4. The summed E-state index contributed by atoms with van der Waals surface area (Å²) in [4.78, 5) is 21.7. The quantitative estimate of drug-likeness (QED) is 0.821. The van der Waals surface area contributed by atoms with Crippen LogP contribution in [-0.4, -0.2) is 35.5 Å². The van der Waals surface area contributed by atoms with Crippen molar-refractivity contribution in [2.45, 2.75) is 32.2 Å². The van der Waals surface area contributed by atoms with Gasteiger partial charge in [-0.2, -0.15) is 0 Å². The Morgan fingerprint density at radius 2 is 2.28 bits per heavy atom. The van der Waals surface area contributed by atoms with Gasteiger partial charge in [0.2, 0.25) is 5.91 Å². The van der Waals surface area contributed by atoms with E-state index in [9.17, 15) is 4.79 Å². The minimum atomic E-state index is 0.0248. The molecule has 0 bridgehead atoms. The number of likely N-dealkylation sites (N-methyl/N-ethyl adjacent to an activating group) is 1. The van der Waals surface area contributed by atoms with Crippen molar-refractivity contribution in [3.8, 4) is 0 Å². The normalized spacial score (nSPS) is 14.4. The molecule has 1 aromatic rings. The fourth-order valence-corrected chi connectivity index (χ4v) is 2.07. The predicted molar refractivity (Wildman–Crippen MR) is 70.9 cm³/mol. The van der Waals surface area contributed by atoms with Gasteiger partial charge in [0.15, 0.2) is 0 Å². The zero-order valence-electron chi connectivity index (χ0n) is 10.6. The van der Waals surface area contributed by atoms with Crippen LogP contribution < -0.4 is 10.2 Å². The molecular formula is C12H17ClN4O. The van der Waals surface area contributed by atoms with E-state index in [4.69, 9.17) is 11.6 Å². The van der Waals surface area contributed by atoms with Crippen LogP contribution in [0, 0.1) is 0 Å². The fraction of sp³-hybridized carbons (Fsp3) is 0.583. The van der Waals surface area contributed by atoms with Gasteiger partial charge in [-0.15, -0.1) is 0 Å². The third kappa shape index (κ3) is 3.10. The number of hydrogen-bond acceptors (Lipinski definition) is 4. The van der Waals surface area contributed by atoms with E-state index in [0.29, 0.717) is 11.2 Å². The minimum absolute atomic E-state index is 0.0248. The number of nitrogens with zero attached hydrogens (tertiary/aromatic N) is 3. The van der Waals surface area contributed by atoms with Gasteiger partial charge in [-0.25, -0.2) is 9.97 Å². The van der Waals surface area contributed by atoms with Gasteiger partial charge in [-0.1, -0.05) is 18.5 Å². The van der Waals surface area contributed by atoms with E-state index in [0.717, 1.165) is 30.6 Å². The molecular weight excluding hydrogens is 252 g/mol. The molecule has 18 heavy (non-hydrogen) atoms. The van der Waals surface area contributed by atoms with Crippen LogP contribution in [0.15, 0.2) is 6.33 Å². The monoisotopic (exact) mass is 268 g/mol. The lowest BCUT2D eigenvalue weighted by atomic mass is 10.2. The molecule has 0 unspecified atom stereocenters. The Hall–Kier alpha value is -1.36. The summed E-state index contributed by atoms with van der Waals surface area (Å²) in [5.41, 5.74) is 0.876. The van der Waals surface area contributed by atoms with E-state index < -0.39 is 0 Å². The van der Waals surface area contributed by atoms with Crippen molar-refractivity contribution in [2.75, 3.05) is 18.5 Å². The van der Waals surface area contributed by atoms with Crippen molar-refractivity contribution in [2.24, 2.45) is 0 Å². The molecule has 1 saturated carbocycles. The van der Waals surface area contributed by atoms with Gasteiger partial charge in [0.25, 0.3) is 0 Å². The Labute approximate surface area is 112 Å². The second-order valence-corrected chi connectivity index (χ2v) is 4.88. The summed E-state index contributed by atoms with van der Waals surface area (Å²) >= 11 is 6.03. The average Bonchev–Trinajstić information content (AvgIpc) is 3.12. The fourth-order valence-electron chi connectivity index (χ4n) is 1.81. The highest BCUT2D eigenvalue weighted by Gasteiger charge is 2.24. The Balaban J connectivity index is 2.05. The molecule has 1 heterocycles. The zero-order chi connectivity index (χ0) is 13.1. The van der Waals surface area contributed by atoms with Crippen molar-refractivity contribution in [3.63, 3.8) is 0 Å². The number of carbonyl (C=O) groups is 1. The van der Waals surface area contributed by atoms with Crippen LogP contribution in [0.1, 0.15) is 25.3 Å². The first-order valence-electron chi connectivity index (χ1n) is 6.11. The highest BCUT2D eigenvalue weighted by molar-refractivity contribution is 6.30. The summed E-state index contributed by atoms with van der Waals surface area (Å²) < 4.78 is 0. The first-order chi connectivity index (χ1) is 8.61. The molecule has 6 heteroatoms. The third-order valence-electron chi connectivity index (χ3n) is 2.91. The number of rotatable bonds is 5. The van der Waals surface area contributed by atoms with Gasteiger partial charge in [-0.3, -0.25) is 4.79 Å². The van der Waals surface area contributed by atoms with Crippen molar-refractivity contribution < 1.29 is 4.79 Å². The molecule has 0 aliphatic heterocycles. The second kappa shape index (κ2) is 5.52. The van der Waals surface area contributed by atoms with Gasteiger partial charge >= 0.3 is 0 Å². The molecule has 1 fully saturated rings. The number of anilines is 1. The number of nitrogens with one attached hydrogen (secondary N) is 1. The topological polar surface area (TPSA) is 58.1 Å². The van der Waals surface area contributed by atoms with E-state index in [2.05, 4.69) is 15.3 Å². The third-order valence-corrected chi connectivity index (χ3v) is 3.23. The Morgan fingerprint density at radius 1 is 1.56 bits per heavy atom. The van der Waals surface area contributed by atoms with E-state index in [1.54, 1.807) is 0 Å². The lowest BCUT2D eigenvalue weighted by Gasteiger charge is -2.20. The molecule has 1 amide bonds. The average molecular weight is 269 g/mol. The second-order valence-electron chi connectivity index (χ2n) is 4.52. The molecule has 98 valence electrons. The van der Waals surface area contributed by atoms with E-state index >= 15 is 0 Å². The summed E-state index contributed by atoms with van der Waals surface area (Å²) in [6, 6.07) is 0.380. The molecule has 1 aliphatic rings. The number of hydrogen-bond donors (Lipinski definition) is 1. The minimum Gasteiger partial charge on any atom is -0.352 e. The van der Waals surface area contributed by atoms with E-state index in [1.165, 1.54) is 6.33 Å². The molecule has 1 N–H and O–H groups in total. The Kier molecular flexibility index (Phi) is 4.01. The number of amides is 1. The highest BCUT2D eigenvalue weighted by Crippen LogP contribution is 2.23. The maximum absolute atomic E-state index is 11.7. The molecule has 0 atom stereocenters. The van der Waals surface area contributed by atoms with Crippen LogP contribution in [-0.2, 0) is 11.2 Å². The number of aromatic nitrogens is 2. The van der Waals surface area contributed by atoms with Crippen LogP contribution in [0.2, 0.25) is 5.15 Å². The smallest absolute Gasteiger partial charge is 0.239 e. The number of carbonyl (C=O) groups excluding carboxylic acids is 1. The summed E-state index contributed by atoms with van der Waals surface area (Å²) in [5, 5.41) is 3.41. The van der Waals surface area contributed by atoms with Crippen molar-refractivity contribution in [1.82, 2.24) is 15.3 Å². The highest BCUT2D eigenvalue weighted by atomic mass is 35.5. The van der Waals surface area contributed by atoms with Crippen molar-refractivity contribution in [1.29, 1.82) is 0 Å². The molecule has 0 aromatic carbocycles. The van der Waals surface area contributed by atoms with Crippen LogP contribution in [0.25, 0.3) is 0 Å². The van der Waals surface area contributed by atoms with Crippen molar-refractivity contribution in [3.05, 3.63) is 17.0 Å². The Morgan fingerprint density at radius 3 is 2.89 bits per heavy atom. The lowest BCUT2D eigenvalue weighted by Crippen LogP contribution is -2.37. The summed E-state index contributed by atoms with van der Waals surface area (Å²) in [6.07, 6.45) is 4.35. The first kappa shape index (κ1) is 13.1. The molecule has 2 rings (SSSR count).